The molecule has 0 saturated heterocycles. The number of aromatic nitrogens is 6. The second kappa shape index (κ2) is 8.55. The number of hydrogen-bond donors (Lipinski definition) is 1. The smallest absolute Gasteiger partial charge is 0.180 e. The second-order valence-electron chi connectivity index (χ2n) is 8.90. The first-order valence-electron chi connectivity index (χ1n) is 11.7. The Morgan fingerprint density at radius 1 is 0.972 bits per heavy atom. The maximum atomic E-state index is 12.4. The van der Waals surface area contributed by atoms with Crippen LogP contribution < -0.4 is 0 Å². The summed E-state index contributed by atoms with van der Waals surface area (Å²) in [5.74, 6) is 0. The lowest BCUT2D eigenvalue weighted by molar-refractivity contribution is 0.117. The molecule has 0 radical (unpaired) electrons. The van der Waals surface area contributed by atoms with Gasteiger partial charge >= 0.3 is 0 Å². The van der Waals surface area contributed by atoms with Crippen LogP contribution in [0.25, 0.3) is 27.7 Å². The van der Waals surface area contributed by atoms with Crippen molar-refractivity contribution in [2.24, 2.45) is 7.05 Å². The molecule has 36 heavy (non-hydrogen) atoms. The number of aryl methyl sites for hydroxylation is 2. The van der Waals surface area contributed by atoms with Crippen molar-refractivity contribution in [3.8, 4) is 11.1 Å². The predicted molar refractivity (Wildman–Crippen MR) is 140 cm³/mol. The molecule has 3 aromatic carbocycles. The fraction of sp³-hybridized carbons (Fsp3) is 0.143. The minimum atomic E-state index is -1.47. The van der Waals surface area contributed by atoms with Gasteiger partial charge in [0.05, 0.1) is 23.7 Å². The SMILES string of the molecule is CCc1cccc(-c2cc3nnnn3c3ccc(C(O)(c4ccc(Cl)cc4)c4cncn4C)cc23)c1. The summed E-state index contributed by atoms with van der Waals surface area (Å²) < 4.78 is 3.55. The maximum Gasteiger partial charge on any atom is 0.180 e. The van der Waals surface area contributed by atoms with Gasteiger partial charge in [0.15, 0.2) is 11.2 Å². The largest absolute Gasteiger partial charge is 0.374 e. The molecular weight excluding hydrogens is 472 g/mol. The van der Waals surface area contributed by atoms with Gasteiger partial charge in [0, 0.05) is 17.5 Å². The Kier molecular flexibility index (Phi) is 5.32. The highest BCUT2D eigenvalue weighted by atomic mass is 35.5. The molecule has 0 spiro atoms. The summed E-state index contributed by atoms with van der Waals surface area (Å²) in [7, 11) is 1.87. The van der Waals surface area contributed by atoms with Crippen LogP contribution in [0.5, 0.6) is 0 Å². The highest BCUT2D eigenvalue weighted by Crippen LogP contribution is 2.40. The summed E-state index contributed by atoms with van der Waals surface area (Å²) in [5.41, 5.74) is 5.36. The van der Waals surface area contributed by atoms with Crippen LogP contribution in [0.15, 0.2) is 85.3 Å². The summed E-state index contributed by atoms with van der Waals surface area (Å²) in [6.07, 6.45) is 4.31. The Labute approximate surface area is 212 Å². The number of hydrogen-bond acceptors (Lipinski definition) is 5. The zero-order valence-electron chi connectivity index (χ0n) is 19.8. The summed E-state index contributed by atoms with van der Waals surface area (Å²) in [6, 6.07) is 23.6. The average Bonchev–Trinajstić information content (AvgIpc) is 3.57. The second-order valence-corrected chi connectivity index (χ2v) is 9.34. The number of fused-ring (bicyclic) bond motifs is 3. The number of nitrogens with zero attached hydrogens (tertiary/aromatic N) is 6. The molecule has 3 aromatic heterocycles. The van der Waals surface area contributed by atoms with Gasteiger partial charge in [-0.2, -0.15) is 4.52 Å². The summed E-state index contributed by atoms with van der Waals surface area (Å²) in [5, 5.41) is 26.2. The Hall–Kier alpha value is -4.07. The molecule has 6 aromatic rings. The molecule has 1 N–H and O–H groups in total. The van der Waals surface area contributed by atoms with Gasteiger partial charge in [-0.15, -0.1) is 5.10 Å². The molecule has 1 atom stereocenters. The van der Waals surface area contributed by atoms with Crippen molar-refractivity contribution in [3.63, 3.8) is 0 Å². The van der Waals surface area contributed by atoms with E-state index in [0.717, 1.165) is 28.5 Å². The van der Waals surface area contributed by atoms with Crippen LogP contribution in [0.3, 0.4) is 0 Å². The zero-order chi connectivity index (χ0) is 24.9. The Balaban J connectivity index is 1.67. The molecule has 3 heterocycles. The normalized spacial score (nSPS) is 13.3. The molecule has 0 bridgehead atoms. The minimum Gasteiger partial charge on any atom is -0.374 e. The van der Waals surface area contributed by atoms with E-state index in [-0.39, 0.29) is 0 Å². The van der Waals surface area contributed by atoms with E-state index < -0.39 is 5.60 Å². The molecule has 0 aliphatic heterocycles. The van der Waals surface area contributed by atoms with Crippen LogP contribution in [0, 0.1) is 0 Å². The third-order valence-corrected chi connectivity index (χ3v) is 7.05. The molecule has 6 rings (SSSR count). The molecule has 8 heteroatoms. The first kappa shape index (κ1) is 22.4. The van der Waals surface area contributed by atoms with Crippen molar-refractivity contribution in [1.29, 1.82) is 0 Å². The van der Waals surface area contributed by atoms with Crippen LogP contribution in [0.2, 0.25) is 5.02 Å². The van der Waals surface area contributed by atoms with E-state index in [1.54, 1.807) is 29.2 Å². The third kappa shape index (κ3) is 3.47. The Morgan fingerprint density at radius 2 is 1.78 bits per heavy atom. The highest BCUT2D eigenvalue weighted by Gasteiger charge is 2.37. The van der Waals surface area contributed by atoms with E-state index in [1.807, 2.05) is 48.0 Å². The van der Waals surface area contributed by atoms with Crippen LogP contribution in [-0.4, -0.2) is 34.7 Å². The monoisotopic (exact) mass is 494 g/mol. The number of halogens is 1. The van der Waals surface area contributed by atoms with Crippen molar-refractivity contribution in [2.45, 2.75) is 18.9 Å². The van der Waals surface area contributed by atoms with E-state index >= 15 is 0 Å². The molecule has 0 saturated carbocycles. The van der Waals surface area contributed by atoms with Crippen molar-refractivity contribution >= 4 is 28.2 Å². The predicted octanol–water partition coefficient (Wildman–Crippen LogP) is 5.18. The van der Waals surface area contributed by atoms with Gasteiger partial charge in [-0.1, -0.05) is 61.0 Å². The molecule has 178 valence electrons. The molecule has 7 nitrogen and oxygen atoms in total. The summed E-state index contributed by atoms with van der Waals surface area (Å²) in [6.45, 7) is 2.14. The molecule has 0 aliphatic carbocycles. The highest BCUT2D eigenvalue weighted by molar-refractivity contribution is 6.30. The van der Waals surface area contributed by atoms with Crippen LogP contribution in [0.1, 0.15) is 29.3 Å². The average molecular weight is 495 g/mol. The fourth-order valence-corrected chi connectivity index (χ4v) is 5.01. The first-order chi connectivity index (χ1) is 17.5. The number of benzene rings is 3. The number of rotatable bonds is 5. The lowest BCUT2D eigenvalue weighted by Crippen LogP contribution is -2.31. The van der Waals surface area contributed by atoms with Gasteiger partial charge in [0.2, 0.25) is 0 Å². The van der Waals surface area contributed by atoms with Crippen LogP contribution in [-0.2, 0) is 19.1 Å². The Bertz CT molecular complexity index is 1720. The van der Waals surface area contributed by atoms with Crippen LogP contribution in [0.4, 0.5) is 0 Å². The number of aliphatic hydroxyl groups is 1. The lowest BCUT2D eigenvalue weighted by Gasteiger charge is -2.30. The quantitative estimate of drug-likeness (QED) is 0.357. The topological polar surface area (TPSA) is 81.1 Å². The minimum absolute atomic E-state index is 0.601. The van der Waals surface area contributed by atoms with Gasteiger partial charge < -0.3 is 9.67 Å². The van der Waals surface area contributed by atoms with E-state index in [9.17, 15) is 5.11 Å². The van der Waals surface area contributed by atoms with E-state index in [0.29, 0.717) is 27.5 Å². The maximum absolute atomic E-state index is 12.4. The molecular formula is C28H23ClN6O. The van der Waals surface area contributed by atoms with Gasteiger partial charge in [-0.05, 0) is 75.0 Å². The van der Waals surface area contributed by atoms with Gasteiger partial charge in [0.1, 0.15) is 0 Å². The molecule has 0 aliphatic rings. The molecule has 0 fully saturated rings. The summed E-state index contributed by atoms with van der Waals surface area (Å²) in [4.78, 5) is 4.28. The van der Waals surface area contributed by atoms with Crippen molar-refractivity contribution < 1.29 is 5.11 Å². The van der Waals surface area contributed by atoms with Crippen molar-refractivity contribution in [1.82, 2.24) is 29.6 Å². The molecule has 1 unspecified atom stereocenters. The summed E-state index contributed by atoms with van der Waals surface area (Å²) >= 11 is 6.18. The van der Waals surface area contributed by atoms with Gasteiger partial charge in [-0.3, -0.25) is 0 Å². The standard InChI is InChI=1S/C28H23ClN6O/c1-3-18-5-4-6-19(13-18)23-15-27-31-32-33-35(27)25-12-9-21(14-24(23)25)28(36,26-16-30-17-34(26)2)20-7-10-22(29)11-8-20/h4-17,36H,3H2,1-2H3. The lowest BCUT2D eigenvalue weighted by atomic mass is 9.82. The van der Waals surface area contributed by atoms with E-state index in [2.05, 4.69) is 51.7 Å². The molecule has 0 amide bonds. The first-order valence-corrected chi connectivity index (χ1v) is 12.1. The third-order valence-electron chi connectivity index (χ3n) is 6.80. The zero-order valence-corrected chi connectivity index (χ0v) is 20.6. The number of imidazole rings is 1. The van der Waals surface area contributed by atoms with E-state index in [1.165, 1.54) is 5.56 Å². The number of tetrazole rings is 1. The fourth-order valence-electron chi connectivity index (χ4n) is 4.88. The van der Waals surface area contributed by atoms with Gasteiger partial charge in [0.25, 0.3) is 0 Å². The Morgan fingerprint density at radius 3 is 2.53 bits per heavy atom. The van der Waals surface area contributed by atoms with E-state index in [4.69, 9.17) is 11.6 Å². The van der Waals surface area contributed by atoms with Crippen LogP contribution >= 0.6 is 11.6 Å². The van der Waals surface area contributed by atoms with Crippen molar-refractivity contribution in [3.05, 3.63) is 113 Å². The van der Waals surface area contributed by atoms with Gasteiger partial charge in [-0.25, -0.2) is 4.98 Å². The van der Waals surface area contributed by atoms with Crippen molar-refractivity contribution in [2.75, 3.05) is 0 Å². The number of pyridine rings is 1.